The molecule has 0 radical (unpaired) electrons. The Morgan fingerprint density at radius 3 is 3.14 bits per heavy atom. The number of hydrogen-bond acceptors (Lipinski definition) is 3. The summed E-state index contributed by atoms with van der Waals surface area (Å²) in [6, 6.07) is 0. The summed E-state index contributed by atoms with van der Waals surface area (Å²) in [5, 5.41) is 3.51. The molecule has 0 bridgehead atoms. The fraction of sp³-hybridized carbons (Fsp3) is 1.00. The second-order valence-electron chi connectivity index (χ2n) is 3.80. The average molecular weight is 198 g/mol. The second kappa shape index (κ2) is 6.65. The van der Waals surface area contributed by atoms with Gasteiger partial charge in [-0.3, -0.25) is 0 Å². The summed E-state index contributed by atoms with van der Waals surface area (Å²) < 4.78 is 5.40. The van der Waals surface area contributed by atoms with Crippen LogP contribution in [0.25, 0.3) is 10.4 Å². The lowest BCUT2D eigenvalue weighted by atomic mass is 10.0. The van der Waals surface area contributed by atoms with Crippen LogP contribution in [0.4, 0.5) is 0 Å². The highest BCUT2D eigenvalue weighted by molar-refractivity contribution is 4.67. The van der Waals surface area contributed by atoms with Gasteiger partial charge in [0.1, 0.15) is 0 Å². The predicted octanol–water partition coefficient (Wildman–Crippen LogP) is 1.66. The molecule has 1 aliphatic rings. The number of hydrogen-bond donors (Lipinski definition) is 0. The number of rotatable bonds is 5. The van der Waals surface area contributed by atoms with Gasteiger partial charge in [-0.05, 0) is 31.3 Å². The number of ether oxygens (including phenoxy) is 1. The predicted molar refractivity (Wildman–Crippen MR) is 55.1 cm³/mol. The summed E-state index contributed by atoms with van der Waals surface area (Å²) in [7, 11) is 2.06. The Bertz CT molecular complexity index is 197. The fourth-order valence-electron chi connectivity index (χ4n) is 1.74. The van der Waals surface area contributed by atoms with Crippen LogP contribution in [0.5, 0.6) is 0 Å². The molecule has 0 N–H and O–H groups in total. The molecule has 14 heavy (non-hydrogen) atoms. The molecular weight excluding hydrogens is 180 g/mol. The maximum absolute atomic E-state index is 8.12. The van der Waals surface area contributed by atoms with Crippen molar-refractivity contribution < 1.29 is 4.74 Å². The third-order valence-corrected chi connectivity index (χ3v) is 2.47. The van der Waals surface area contributed by atoms with E-state index in [1.165, 1.54) is 12.8 Å². The highest BCUT2D eigenvalue weighted by atomic mass is 16.5. The van der Waals surface area contributed by atoms with E-state index in [9.17, 15) is 0 Å². The molecule has 0 aliphatic carbocycles. The molecule has 0 saturated carbocycles. The van der Waals surface area contributed by atoms with E-state index in [-0.39, 0.29) is 0 Å². The zero-order valence-corrected chi connectivity index (χ0v) is 8.72. The molecule has 1 aliphatic heterocycles. The van der Waals surface area contributed by atoms with Crippen LogP contribution in [0.2, 0.25) is 0 Å². The topological polar surface area (TPSA) is 61.2 Å². The molecule has 1 atom stereocenters. The molecule has 5 nitrogen and oxygen atoms in total. The normalized spacial score (nSPS) is 22.0. The van der Waals surface area contributed by atoms with Crippen LogP contribution in [0.15, 0.2) is 5.11 Å². The first-order valence-electron chi connectivity index (χ1n) is 5.10. The molecule has 80 valence electrons. The zero-order valence-electron chi connectivity index (χ0n) is 8.72. The van der Waals surface area contributed by atoms with E-state index in [2.05, 4.69) is 22.0 Å². The number of nitrogens with zero attached hydrogens (tertiary/aromatic N) is 4. The molecule has 0 spiro atoms. The SMILES string of the molecule is CN(CCN=[N+]=[N-])CC1CCCOC1. The summed E-state index contributed by atoms with van der Waals surface area (Å²) >= 11 is 0. The highest BCUT2D eigenvalue weighted by Crippen LogP contribution is 2.13. The van der Waals surface area contributed by atoms with Gasteiger partial charge in [-0.25, -0.2) is 0 Å². The van der Waals surface area contributed by atoms with Gasteiger partial charge in [0.15, 0.2) is 0 Å². The van der Waals surface area contributed by atoms with Crippen LogP contribution in [-0.4, -0.2) is 44.8 Å². The van der Waals surface area contributed by atoms with Gasteiger partial charge in [0, 0.05) is 31.2 Å². The maximum Gasteiger partial charge on any atom is 0.0506 e. The number of azide groups is 1. The maximum atomic E-state index is 8.12. The summed E-state index contributed by atoms with van der Waals surface area (Å²) in [4.78, 5) is 4.93. The van der Waals surface area contributed by atoms with Gasteiger partial charge in [-0.15, -0.1) is 0 Å². The van der Waals surface area contributed by atoms with Crippen LogP contribution in [0.3, 0.4) is 0 Å². The molecule has 1 saturated heterocycles. The van der Waals surface area contributed by atoms with Gasteiger partial charge in [-0.2, -0.15) is 0 Å². The van der Waals surface area contributed by atoms with Crippen molar-refractivity contribution in [1.82, 2.24) is 4.90 Å². The smallest absolute Gasteiger partial charge is 0.0506 e. The van der Waals surface area contributed by atoms with Crippen molar-refractivity contribution in [3.63, 3.8) is 0 Å². The van der Waals surface area contributed by atoms with Crippen LogP contribution in [-0.2, 0) is 4.74 Å². The van der Waals surface area contributed by atoms with E-state index in [1.807, 2.05) is 0 Å². The first-order valence-corrected chi connectivity index (χ1v) is 5.10. The Kier molecular flexibility index (Phi) is 5.37. The molecule has 1 unspecified atom stereocenters. The van der Waals surface area contributed by atoms with Gasteiger partial charge in [0.25, 0.3) is 0 Å². The van der Waals surface area contributed by atoms with Crippen molar-refractivity contribution in [2.45, 2.75) is 12.8 Å². The number of likely N-dealkylation sites (N-methyl/N-ethyl adjacent to an activating group) is 1. The molecule has 5 heteroatoms. The van der Waals surface area contributed by atoms with Gasteiger partial charge in [0.2, 0.25) is 0 Å². The Hall–Kier alpha value is -0.770. The lowest BCUT2D eigenvalue weighted by molar-refractivity contribution is 0.0424. The summed E-state index contributed by atoms with van der Waals surface area (Å²) in [6.45, 7) is 4.23. The highest BCUT2D eigenvalue weighted by Gasteiger charge is 2.15. The molecule has 1 heterocycles. The van der Waals surface area contributed by atoms with Crippen LogP contribution >= 0.6 is 0 Å². The molecule has 0 amide bonds. The standard InChI is InChI=1S/C9H18N4O/c1-13(5-4-11-12-10)7-9-3-2-6-14-8-9/h9H,2-8H2,1H3. The lowest BCUT2D eigenvalue weighted by Gasteiger charge is -2.26. The van der Waals surface area contributed by atoms with E-state index in [4.69, 9.17) is 10.3 Å². The second-order valence-corrected chi connectivity index (χ2v) is 3.80. The monoisotopic (exact) mass is 198 g/mol. The largest absolute Gasteiger partial charge is 0.381 e. The van der Waals surface area contributed by atoms with E-state index >= 15 is 0 Å². The summed E-state index contributed by atoms with van der Waals surface area (Å²) in [5.41, 5.74) is 8.12. The van der Waals surface area contributed by atoms with Gasteiger partial charge in [0.05, 0.1) is 6.61 Å². The van der Waals surface area contributed by atoms with Gasteiger partial charge in [-0.1, -0.05) is 5.11 Å². The molecule has 0 aromatic carbocycles. The van der Waals surface area contributed by atoms with E-state index in [1.54, 1.807) is 0 Å². The Balaban J connectivity index is 2.11. The van der Waals surface area contributed by atoms with Gasteiger partial charge < -0.3 is 9.64 Å². The van der Waals surface area contributed by atoms with Crippen molar-refractivity contribution in [1.29, 1.82) is 0 Å². The minimum Gasteiger partial charge on any atom is -0.381 e. The van der Waals surface area contributed by atoms with Crippen LogP contribution < -0.4 is 0 Å². The summed E-state index contributed by atoms with van der Waals surface area (Å²) in [6.07, 6.45) is 2.43. The van der Waals surface area contributed by atoms with E-state index in [0.29, 0.717) is 12.5 Å². The van der Waals surface area contributed by atoms with E-state index in [0.717, 1.165) is 26.3 Å². The minimum atomic E-state index is 0.556. The Morgan fingerprint density at radius 1 is 1.64 bits per heavy atom. The van der Waals surface area contributed by atoms with Crippen molar-refractivity contribution in [3.05, 3.63) is 10.4 Å². The first kappa shape index (κ1) is 11.3. The Labute approximate surface area is 84.7 Å². The Morgan fingerprint density at radius 2 is 2.50 bits per heavy atom. The quantitative estimate of drug-likeness (QED) is 0.383. The first-order chi connectivity index (χ1) is 6.83. The molecule has 1 fully saturated rings. The molecule has 0 aromatic heterocycles. The minimum absolute atomic E-state index is 0.556. The average Bonchev–Trinajstić information content (AvgIpc) is 2.20. The third kappa shape index (κ3) is 4.46. The fourth-order valence-corrected chi connectivity index (χ4v) is 1.74. The van der Waals surface area contributed by atoms with Crippen molar-refractivity contribution in [2.75, 3.05) is 39.9 Å². The lowest BCUT2D eigenvalue weighted by Crippen LogP contribution is -2.32. The van der Waals surface area contributed by atoms with Crippen molar-refractivity contribution >= 4 is 0 Å². The van der Waals surface area contributed by atoms with Crippen molar-refractivity contribution in [2.24, 2.45) is 11.0 Å². The zero-order chi connectivity index (χ0) is 10.2. The van der Waals surface area contributed by atoms with Crippen molar-refractivity contribution in [3.8, 4) is 0 Å². The third-order valence-electron chi connectivity index (χ3n) is 2.47. The van der Waals surface area contributed by atoms with E-state index < -0.39 is 0 Å². The molecule has 0 aromatic rings. The van der Waals surface area contributed by atoms with Gasteiger partial charge >= 0.3 is 0 Å². The summed E-state index contributed by atoms with van der Waals surface area (Å²) in [5.74, 6) is 0.653. The molecular formula is C9H18N4O. The molecule has 1 rings (SSSR count). The van der Waals surface area contributed by atoms with Crippen LogP contribution in [0, 0.1) is 5.92 Å². The van der Waals surface area contributed by atoms with Crippen LogP contribution in [0.1, 0.15) is 12.8 Å².